The molecule has 0 fully saturated rings. The molecule has 1 amide bonds. The number of hydrogen-bond donors (Lipinski definition) is 0. The van der Waals surface area contributed by atoms with Gasteiger partial charge in [0.1, 0.15) is 12.3 Å². The van der Waals surface area contributed by atoms with Crippen LogP contribution in [-0.2, 0) is 21.4 Å². The van der Waals surface area contributed by atoms with Crippen molar-refractivity contribution < 1.29 is 22.5 Å². The Bertz CT molecular complexity index is 1110. The first-order chi connectivity index (χ1) is 14.8. The number of sulfonamides is 1. The van der Waals surface area contributed by atoms with E-state index in [2.05, 4.69) is 10.1 Å². The van der Waals surface area contributed by atoms with E-state index in [1.165, 1.54) is 4.90 Å². The molecule has 2 aromatic carbocycles. The van der Waals surface area contributed by atoms with Crippen molar-refractivity contribution in [1.29, 1.82) is 0 Å². The first-order valence-corrected chi connectivity index (χ1v) is 11.5. The maximum absolute atomic E-state index is 12.7. The molecular weight excluding hydrogens is 420 g/mol. The first kappa shape index (κ1) is 22.3. The van der Waals surface area contributed by atoms with Gasteiger partial charge in [0, 0.05) is 12.6 Å². The number of carbonyl (C=O) groups is 1. The van der Waals surface area contributed by atoms with Gasteiger partial charge in [-0.2, -0.15) is 4.98 Å². The summed E-state index contributed by atoms with van der Waals surface area (Å²) in [6, 6.07) is 15.8. The monoisotopic (exact) mass is 444 g/mol. The third-order valence-electron chi connectivity index (χ3n) is 4.41. The number of carbonyl (C=O) groups excluding carboxylic acids is 1. The van der Waals surface area contributed by atoms with Gasteiger partial charge in [-0.15, -0.1) is 0 Å². The molecule has 3 rings (SSSR count). The summed E-state index contributed by atoms with van der Waals surface area (Å²) in [6.45, 7) is 2.06. The van der Waals surface area contributed by atoms with Crippen LogP contribution in [0.4, 0.5) is 5.69 Å². The zero-order chi connectivity index (χ0) is 22.4. The molecular formula is C21H24N4O5S. The van der Waals surface area contributed by atoms with E-state index >= 15 is 0 Å². The quantitative estimate of drug-likeness (QED) is 0.499. The predicted molar refractivity (Wildman–Crippen MR) is 116 cm³/mol. The fourth-order valence-electron chi connectivity index (χ4n) is 2.83. The smallest absolute Gasteiger partial charge is 0.246 e. The van der Waals surface area contributed by atoms with Crippen molar-refractivity contribution in [2.75, 3.05) is 30.8 Å². The number of anilines is 1. The number of rotatable bonds is 9. The van der Waals surface area contributed by atoms with Crippen molar-refractivity contribution in [2.45, 2.75) is 13.5 Å². The summed E-state index contributed by atoms with van der Waals surface area (Å²) in [5.74, 6) is 0.873. The Balaban J connectivity index is 1.69. The SMILES string of the molecule is CCOc1ccc(N(CC(=O)N(C)Cc2nc(-c3ccccc3)no2)S(C)(=O)=O)cc1. The third kappa shape index (κ3) is 5.82. The Kier molecular flexibility index (Phi) is 6.91. The van der Waals surface area contributed by atoms with Crippen molar-refractivity contribution in [3.63, 3.8) is 0 Å². The number of benzene rings is 2. The second-order valence-electron chi connectivity index (χ2n) is 6.82. The molecule has 1 aromatic heterocycles. The van der Waals surface area contributed by atoms with Crippen molar-refractivity contribution in [3.8, 4) is 17.1 Å². The fraction of sp³-hybridized carbons (Fsp3) is 0.286. The highest BCUT2D eigenvalue weighted by Crippen LogP contribution is 2.22. The molecule has 0 aliphatic heterocycles. The summed E-state index contributed by atoms with van der Waals surface area (Å²) in [5, 5.41) is 3.93. The molecule has 0 bridgehead atoms. The third-order valence-corrected chi connectivity index (χ3v) is 5.55. The highest BCUT2D eigenvalue weighted by atomic mass is 32.2. The van der Waals surface area contributed by atoms with E-state index in [0.717, 1.165) is 16.1 Å². The molecule has 0 N–H and O–H groups in total. The molecule has 0 atom stereocenters. The summed E-state index contributed by atoms with van der Waals surface area (Å²) < 4.78 is 36.3. The second kappa shape index (κ2) is 9.61. The average molecular weight is 445 g/mol. The lowest BCUT2D eigenvalue weighted by Gasteiger charge is -2.24. The van der Waals surface area contributed by atoms with Crippen molar-refractivity contribution in [2.24, 2.45) is 0 Å². The van der Waals surface area contributed by atoms with Crippen molar-refractivity contribution in [3.05, 3.63) is 60.5 Å². The van der Waals surface area contributed by atoms with Gasteiger partial charge in [0.15, 0.2) is 0 Å². The maximum atomic E-state index is 12.7. The Morgan fingerprint density at radius 2 is 1.77 bits per heavy atom. The van der Waals surface area contributed by atoms with E-state index in [1.807, 2.05) is 37.3 Å². The maximum Gasteiger partial charge on any atom is 0.246 e. The number of nitrogens with zero attached hydrogens (tertiary/aromatic N) is 4. The van der Waals surface area contributed by atoms with Crippen LogP contribution in [0.25, 0.3) is 11.4 Å². The van der Waals surface area contributed by atoms with Crippen LogP contribution in [0.2, 0.25) is 0 Å². The molecule has 3 aromatic rings. The van der Waals surface area contributed by atoms with Gasteiger partial charge in [0.05, 0.1) is 25.1 Å². The molecule has 0 aliphatic rings. The minimum absolute atomic E-state index is 0.0551. The Labute approximate surface area is 181 Å². The van der Waals surface area contributed by atoms with Crippen molar-refractivity contribution in [1.82, 2.24) is 15.0 Å². The van der Waals surface area contributed by atoms with Gasteiger partial charge in [-0.05, 0) is 31.2 Å². The minimum atomic E-state index is -3.68. The molecule has 10 heteroatoms. The number of likely N-dealkylation sites (N-methyl/N-ethyl adjacent to an activating group) is 1. The standard InChI is InChI=1S/C21H24N4O5S/c1-4-29-18-12-10-17(11-13-18)25(31(3,27)28)15-20(26)24(2)14-19-22-21(23-30-19)16-8-6-5-7-9-16/h5-13H,4,14-15H2,1-3H3. The van der Waals surface area contributed by atoms with E-state index in [-0.39, 0.29) is 19.0 Å². The first-order valence-electron chi connectivity index (χ1n) is 9.60. The van der Waals surface area contributed by atoms with Gasteiger partial charge < -0.3 is 14.2 Å². The summed E-state index contributed by atoms with van der Waals surface area (Å²) >= 11 is 0. The summed E-state index contributed by atoms with van der Waals surface area (Å²) in [7, 11) is -2.13. The number of ether oxygens (including phenoxy) is 1. The van der Waals surface area contributed by atoms with Gasteiger partial charge in [-0.1, -0.05) is 35.5 Å². The Morgan fingerprint density at radius 3 is 2.39 bits per heavy atom. The molecule has 0 aliphatic carbocycles. The zero-order valence-corrected chi connectivity index (χ0v) is 18.4. The zero-order valence-electron chi connectivity index (χ0n) is 17.6. The lowest BCUT2D eigenvalue weighted by Crippen LogP contribution is -2.41. The topological polar surface area (TPSA) is 106 Å². The lowest BCUT2D eigenvalue weighted by atomic mass is 10.2. The highest BCUT2D eigenvalue weighted by molar-refractivity contribution is 7.92. The van der Waals surface area contributed by atoms with Crippen LogP contribution in [-0.4, -0.2) is 55.8 Å². The molecule has 0 radical (unpaired) electrons. The summed E-state index contributed by atoms with van der Waals surface area (Å²) in [5.41, 5.74) is 1.17. The van der Waals surface area contributed by atoms with Gasteiger partial charge in [-0.3, -0.25) is 9.10 Å². The van der Waals surface area contributed by atoms with Crippen LogP contribution in [0.3, 0.4) is 0 Å². The molecule has 31 heavy (non-hydrogen) atoms. The van der Waals surface area contributed by atoms with Crippen LogP contribution in [0, 0.1) is 0 Å². The second-order valence-corrected chi connectivity index (χ2v) is 8.73. The summed E-state index contributed by atoms with van der Waals surface area (Å²) in [6.07, 6.45) is 1.06. The van der Waals surface area contributed by atoms with E-state index in [4.69, 9.17) is 9.26 Å². The Morgan fingerprint density at radius 1 is 1.10 bits per heavy atom. The van der Waals surface area contributed by atoms with Gasteiger partial charge in [0.2, 0.25) is 27.6 Å². The van der Waals surface area contributed by atoms with E-state index < -0.39 is 15.9 Å². The van der Waals surface area contributed by atoms with Crippen LogP contribution in [0.15, 0.2) is 59.1 Å². The lowest BCUT2D eigenvalue weighted by molar-refractivity contribution is -0.129. The fourth-order valence-corrected chi connectivity index (χ4v) is 3.68. The van der Waals surface area contributed by atoms with E-state index in [1.54, 1.807) is 31.3 Å². The minimum Gasteiger partial charge on any atom is -0.494 e. The number of hydrogen-bond acceptors (Lipinski definition) is 7. The van der Waals surface area contributed by atoms with Crippen LogP contribution < -0.4 is 9.04 Å². The van der Waals surface area contributed by atoms with Gasteiger partial charge in [0.25, 0.3) is 0 Å². The molecule has 164 valence electrons. The largest absolute Gasteiger partial charge is 0.494 e. The highest BCUT2D eigenvalue weighted by Gasteiger charge is 2.24. The van der Waals surface area contributed by atoms with Crippen LogP contribution in [0.1, 0.15) is 12.8 Å². The predicted octanol–water partition coefficient (Wildman–Crippen LogP) is 2.56. The van der Waals surface area contributed by atoms with Crippen LogP contribution in [0.5, 0.6) is 5.75 Å². The number of amides is 1. The van der Waals surface area contributed by atoms with E-state index in [0.29, 0.717) is 23.9 Å². The molecule has 1 heterocycles. The molecule has 0 saturated carbocycles. The molecule has 0 saturated heterocycles. The van der Waals surface area contributed by atoms with Crippen LogP contribution >= 0.6 is 0 Å². The van der Waals surface area contributed by atoms with Crippen molar-refractivity contribution >= 4 is 21.6 Å². The molecule has 9 nitrogen and oxygen atoms in total. The normalized spacial score (nSPS) is 11.2. The number of aromatic nitrogens is 2. The molecule has 0 spiro atoms. The van der Waals surface area contributed by atoms with E-state index in [9.17, 15) is 13.2 Å². The summed E-state index contributed by atoms with van der Waals surface area (Å²) in [4.78, 5) is 18.4. The average Bonchev–Trinajstić information content (AvgIpc) is 3.21. The molecule has 0 unspecified atom stereocenters. The van der Waals surface area contributed by atoms with Gasteiger partial charge >= 0.3 is 0 Å². The Hall–Kier alpha value is -3.40. The van der Waals surface area contributed by atoms with Gasteiger partial charge in [-0.25, -0.2) is 8.42 Å².